The molecular formula is C14H15NO4. The van der Waals surface area contributed by atoms with E-state index in [1.165, 1.54) is 0 Å². The van der Waals surface area contributed by atoms with Gasteiger partial charge >= 0.3 is 5.97 Å². The number of hydrogen-bond donors (Lipinski definition) is 1. The topological polar surface area (TPSA) is 68.5 Å². The first-order chi connectivity index (χ1) is 8.97. The number of ketones is 1. The number of carboxylic acid groups (broad SMARTS) is 1. The smallest absolute Gasteiger partial charge is 0.377 e. The summed E-state index contributed by atoms with van der Waals surface area (Å²) in [6.45, 7) is 4.11. The Morgan fingerprint density at radius 2 is 2.05 bits per heavy atom. The van der Waals surface area contributed by atoms with Crippen molar-refractivity contribution in [2.45, 2.75) is 13.8 Å². The molecule has 5 heteroatoms. The van der Waals surface area contributed by atoms with Crippen LogP contribution in [0.5, 0.6) is 5.75 Å². The molecule has 0 spiro atoms. The molecule has 0 saturated heterocycles. The van der Waals surface area contributed by atoms with E-state index >= 15 is 0 Å². The van der Waals surface area contributed by atoms with Crippen LogP contribution in [-0.4, -0.2) is 28.0 Å². The summed E-state index contributed by atoms with van der Waals surface area (Å²) in [7, 11) is 1.80. The van der Waals surface area contributed by atoms with Gasteiger partial charge in [0.05, 0.1) is 12.2 Å². The molecule has 5 nitrogen and oxygen atoms in total. The number of aliphatic carboxylic acids is 1. The van der Waals surface area contributed by atoms with E-state index in [4.69, 9.17) is 9.84 Å². The number of benzene rings is 1. The van der Waals surface area contributed by atoms with E-state index in [-0.39, 0.29) is 5.56 Å². The van der Waals surface area contributed by atoms with E-state index in [2.05, 4.69) is 0 Å². The highest BCUT2D eigenvalue weighted by Crippen LogP contribution is 2.29. The maximum Gasteiger partial charge on any atom is 0.377 e. The molecule has 1 aromatic carbocycles. The lowest BCUT2D eigenvalue weighted by atomic mass is 10.1. The Bertz CT molecular complexity index is 670. The van der Waals surface area contributed by atoms with Crippen molar-refractivity contribution in [3.05, 3.63) is 29.5 Å². The number of rotatable bonds is 4. The monoisotopic (exact) mass is 261 g/mol. The molecule has 2 rings (SSSR count). The van der Waals surface area contributed by atoms with Gasteiger partial charge in [0, 0.05) is 23.6 Å². The van der Waals surface area contributed by atoms with Crippen molar-refractivity contribution < 1.29 is 19.4 Å². The molecule has 1 N–H and O–H groups in total. The Balaban J connectivity index is 2.73. The summed E-state index contributed by atoms with van der Waals surface area (Å²) in [6, 6.07) is 5.34. The maximum atomic E-state index is 11.8. The molecular weight excluding hydrogens is 246 g/mol. The number of fused-ring (bicyclic) bond motifs is 1. The number of Topliss-reactive ketones (excluding diaryl/α,β-unsaturated/α-hetero) is 1. The van der Waals surface area contributed by atoms with Crippen molar-refractivity contribution in [3.63, 3.8) is 0 Å². The van der Waals surface area contributed by atoms with Gasteiger partial charge in [0.15, 0.2) is 0 Å². The minimum absolute atomic E-state index is 0.228. The number of carbonyl (C=O) groups is 2. The van der Waals surface area contributed by atoms with E-state index < -0.39 is 11.8 Å². The highest BCUT2D eigenvalue weighted by Gasteiger charge is 2.23. The first kappa shape index (κ1) is 13.1. The molecule has 0 saturated carbocycles. The third kappa shape index (κ3) is 2.07. The lowest BCUT2D eigenvalue weighted by molar-refractivity contribution is -0.131. The molecule has 1 aromatic heterocycles. The number of carbonyl (C=O) groups excluding carboxylic acids is 1. The van der Waals surface area contributed by atoms with Gasteiger partial charge in [0.25, 0.3) is 5.78 Å². The normalized spacial score (nSPS) is 10.7. The van der Waals surface area contributed by atoms with Crippen molar-refractivity contribution in [1.82, 2.24) is 4.57 Å². The fourth-order valence-electron chi connectivity index (χ4n) is 2.20. The SMILES string of the molecule is CCOc1ccc2c(c1)c(C(=O)C(=O)O)c(C)n2C. The zero-order chi connectivity index (χ0) is 14.2. The summed E-state index contributed by atoms with van der Waals surface area (Å²) in [5, 5.41) is 9.52. The first-order valence-electron chi connectivity index (χ1n) is 5.96. The molecule has 19 heavy (non-hydrogen) atoms. The Kier molecular flexibility index (Phi) is 3.29. The summed E-state index contributed by atoms with van der Waals surface area (Å²) in [5.41, 5.74) is 1.67. The molecule has 0 bridgehead atoms. The van der Waals surface area contributed by atoms with Gasteiger partial charge in [-0.25, -0.2) is 4.79 Å². The van der Waals surface area contributed by atoms with E-state index in [0.717, 1.165) is 5.52 Å². The molecule has 0 amide bonds. The Morgan fingerprint density at radius 3 is 2.63 bits per heavy atom. The summed E-state index contributed by atoms with van der Waals surface area (Å²) in [4.78, 5) is 22.7. The molecule has 0 radical (unpaired) electrons. The molecule has 0 aliphatic carbocycles. The average molecular weight is 261 g/mol. The second-order valence-corrected chi connectivity index (χ2v) is 4.27. The van der Waals surface area contributed by atoms with Crippen LogP contribution < -0.4 is 4.74 Å². The molecule has 0 aliphatic heterocycles. The summed E-state index contributed by atoms with van der Waals surface area (Å²) in [6.07, 6.45) is 0. The quantitative estimate of drug-likeness (QED) is 0.676. The number of aryl methyl sites for hydroxylation is 1. The third-order valence-electron chi connectivity index (χ3n) is 3.20. The van der Waals surface area contributed by atoms with Crippen LogP contribution >= 0.6 is 0 Å². The fourth-order valence-corrected chi connectivity index (χ4v) is 2.20. The first-order valence-corrected chi connectivity index (χ1v) is 5.96. The van der Waals surface area contributed by atoms with Crippen LogP contribution in [0, 0.1) is 6.92 Å². The molecule has 1 heterocycles. The van der Waals surface area contributed by atoms with Gasteiger partial charge in [0.2, 0.25) is 0 Å². The zero-order valence-electron chi connectivity index (χ0n) is 11.1. The number of hydrogen-bond acceptors (Lipinski definition) is 3. The largest absolute Gasteiger partial charge is 0.494 e. The van der Waals surface area contributed by atoms with Crippen LogP contribution in [0.25, 0.3) is 10.9 Å². The van der Waals surface area contributed by atoms with Crippen molar-refractivity contribution in [2.75, 3.05) is 6.61 Å². The third-order valence-corrected chi connectivity index (χ3v) is 3.20. The molecule has 0 atom stereocenters. The number of nitrogens with zero attached hydrogens (tertiary/aromatic N) is 1. The minimum atomic E-state index is -1.45. The summed E-state index contributed by atoms with van der Waals surface area (Å²) < 4.78 is 7.20. The van der Waals surface area contributed by atoms with E-state index in [1.807, 2.05) is 13.0 Å². The second kappa shape index (κ2) is 4.76. The van der Waals surface area contributed by atoms with Crippen LogP contribution in [0.3, 0.4) is 0 Å². The highest BCUT2D eigenvalue weighted by molar-refractivity contribution is 6.42. The van der Waals surface area contributed by atoms with Crippen molar-refractivity contribution in [3.8, 4) is 5.75 Å². The van der Waals surface area contributed by atoms with E-state index in [0.29, 0.717) is 23.4 Å². The molecule has 0 unspecified atom stereocenters. The van der Waals surface area contributed by atoms with Gasteiger partial charge in [0.1, 0.15) is 5.75 Å². The molecule has 2 aromatic rings. The lowest BCUT2D eigenvalue weighted by Gasteiger charge is -2.03. The minimum Gasteiger partial charge on any atom is -0.494 e. The van der Waals surface area contributed by atoms with Gasteiger partial charge < -0.3 is 14.4 Å². The Hall–Kier alpha value is -2.30. The maximum absolute atomic E-state index is 11.8. The van der Waals surface area contributed by atoms with E-state index in [9.17, 15) is 9.59 Å². The predicted octanol–water partition coefficient (Wildman–Crippen LogP) is 2.15. The van der Waals surface area contributed by atoms with Crippen LogP contribution in [0.2, 0.25) is 0 Å². The number of ether oxygens (including phenoxy) is 1. The Morgan fingerprint density at radius 1 is 1.37 bits per heavy atom. The fraction of sp³-hybridized carbons (Fsp3) is 0.286. The van der Waals surface area contributed by atoms with Gasteiger partial charge in [-0.1, -0.05) is 0 Å². The molecule has 0 fully saturated rings. The van der Waals surface area contributed by atoms with Crippen molar-refractivity contribution >= 4 is 22.7 Å². The van der Waals surface area contributed by atoms with Gasteiger partial charge in [-0.2, -0.15) is 0 Å². The lowest BCUT2D eigenvalue weighted by Crippen LogP contribution is -2.13. The summed E-state index contributed by atoms with van der Waals surface area (Å²) >= 11 is 0. The van der Waals surface area contributed by atoms with Crippen LogP contribution in [0.1, 0.15) is 23.0 Å². The number of carboxylic acids is 1. The van der Waals surface area contributed by atoms with Crippen LogP contribution in [0.4, 0.5) is 0 Å². The van der Waals surface area contributed by atoms with Crippen molar-refractivity contribution in [1.29, 1.82) is 0 Å². The molecule has 100 valence electrons. The summed E-state index contributed by atoms with van der Waals surface area (Å²) in [5.74, 6) is -1.71. The van der Waals surface area contributed by atoms with Crippen LogP contribution in [0.15, 0.2) is 18.2 Å². The van der Waals surface area contributed by atoms with Crippen molar-refractivity contribution in [2.24, 2.45) is 7.05 Å². The van der Waals surface area contributed by atoms with Gasteiger partial charge in [-0.3, -0.25) is 4.79 Å². The Labute approximate surface area is 110 Å². The zero-order valence-corrected chi connectivity index (χ0v) is 11.1. The van der Waals surface area contributed by atoms with E-state index in [1.54, 1.807) is 30.7 Å². The highest BCUT2D eigenvalue weighted by atomic mass is 16.5. The second-order valence-electron chi connectivity index (χ2n) is 4.27. The van der Waals surface area contributed by atoms with Gasteiger partial charge in [-0.15, -0.1) is 0 Å². The van der Waals surface area contributed by atoms with Gasteiger partial charge in [-0.05, 0) is 32.0 Å². The predicted molar refractivity (Wildman–Crippen MR) is 70.8 cm³/mol. The number of aromatic nitrogens is 1. The van der Waals surface area contributed by atoms with Crippen LogP contribution in [-0.2, 0) is 11.8 Å². The average Bonchev–Trinajstić information content (AvgIpc) is 2.61. The standard InChI is InChI=1S/C14H15NO4/c1-4-19-9-5-6-11-10(7-9)12(8(2)15(11)3)13(16)14(17)18/h5-7H,4H2,1-3H3,(H,17,18). The molecule has 0 aliphatic rings.